The first-order valence-corrected chi connectivity index (χ1v) is 7.22. The number of ether oxygens (including phenoxy) is 1. The van der Waals surface area contributed by atoms with Crippen LogP contribution in [-0.2, 0) is 14.8 Å². The summed E-state index contributed by atoms with van der Waals surface area (Å²) in [5.41, 5.74) is 6.30. The lowest BCUT2D eigenvalue weighted by Gasteiger charge is -2.25. The quantitative estimate of drug-likeness (QED) is 0.575. The van der Waals surface area contributed by atoms with Crippen molar-refractivity contribution >= 4 is 21.4 Å². The van der Waals surface area contributed by atoms with Crippen LogP contribution in [0.3, 0.4) is 0 Å². The molecule has 0 atom stereocenters. The van der Waals surface area contributed by atoms with Gasteiger partial charge in [-0.1, -0.05) is 0 Å². The van der Waals surface area contributed by atoms with E-state index >= 15 is 0 Å². The van der Waals surface area contributed by atoms with Crippen LogP contribution in [-0.4, -0.2) is 46.9 Å². The summed E-state index contributed by atoms with van der Waals surface area (Å²) in [6, 6.07) is 4.46. The largest absolute Gasteiger partial charge is 0.399 e. The Balaban J connectivity index is 3.21. The molecule has 1 rings (SSSR count). The average molecular weight is 289 g/mol. The Morgan fingerprint density at radius 2 is 2.05 bits per heavy atom. The van der Waals surface area contributed by atoms with E-state index in [2.05, 4.69) is 0 Å². The molecule has 0 aliphatic heterocycles. The van der Waals surface area contributed by atoms with E-state index in [-0.39, 0.29) is 18.0 Å². The lowest BCUT2D eigenvalue weighted by Crippen LogP contribution is -2.32. The first-order valence-electron chi connectivity index (χ1n) is 5.67. The summed E-state index contributed by atoms with van der Waals surface area (Å²) in [6.45, 7) is 0.992. The SMILES string of the molecule is COCCN(CCO)c1ccc(N)cc1S(N)(=O)=O. The molecule has 1 aromatic carbocycles. The van der Waals surface area contributed by atoms with Crippen molar-refractivity contribution < 1.29 is 18.3 Å². The molecule has 0 aliphatic carbocycles. The minimum Gasteiger partial charge on any atom is -0.399 e. The second-order valence-corrected chi connectivity index (χ2v) is 5.51. The van der Waals surface area contributed by atoms with Crippen LogP contribution < -0.4 is 15.8 Å². The van der Waals surface area contributed by atoms with E-state index in [1.165, 1.54) is 6.07 Å². The third kappa shape index (κ3) is 4.35. The second kappa shape index (κ2) is 6.71. The van der Waals surface area contributed by atoms with Crippen molar-refractivity contribution in [2.24, 2.45) is 5.14 Å². The lowest BCUT2D eigenvalue weighted by molar-refractivity contribution is 0.202. The molecule has 0 saturated heterocycles. The van der Waals surface area contributed by atoms with E-state index in [0.29, 0.717) is 24.5 Å². The van der Waals surface area contributed by atoms with Crippen LogP contribution in [0.2, 0.25) is 0 Å². The fraction of sp³-hybridized carbons (Fsp3) is 0.455. The maximum absolute atomic E-state index is 11.6. The van der Waals surface area contributed by atoms with Gasteiger partial charge in [-0.2, -0.15) is 0 Å². The van der Waals surface area contributed by atoms with Crippen LogP contribution in [0.5, 0.6) is 0 Å². The van der Waals surface area contributed by atoms with E-state index in [4.69, 9.17) is 20.7 Å². The lowest BCUT2D eigenvalue weighted by atomic mass is 10.2. The average Bonchev–Trinajstić information content (AvgIpc) is 2.33. The Morgan fingerprint density at radius 1 is 1.37 bits per heavy atom. The van der Waals surface area contributed by atoms with Crippen molar-refractivity contribution in [2.75, 3.05) is 44.0 Å². The number of nitrogens with zero attached hydrogens (tertiary/aromatic N) is 1. The van der Waals surface area contributed by atoms with Crippen molar-refractivity contribution in [3.8, 4) is 0 Å². The number of hydrogen-bond acceptors (Lipinski definition) is 6. The van der Waals surface area contributed by atoms with Crippen LogP contribution >= 0.6 is 0 Å². The fourth-order valence-corrected chi connectivity index (χ4v) is 2.48. The Bertz CT molecular complexity index is 519. The number of benzene rings is 1. The molecule has 0 saturated carbocycles. The zero-order chi connectivity index (χ0) is 14.5. The molecule has 0 heterocycles. The van der Waals surface area contributed by atoms with E-state index in [1.54, 1.807) is 24.1 Å². The molecule has 19 heavy (non-hydrogen) atoms. The Hall–Kier alpha value is -1.35. The number of hydrogen-bond donors (Lipinski definition) is 3. The number of aliphatic hydroxyl groups excluding tert-OH is 1. The first-order chi connectivity index (χ1) is 8.90. The van der Waals surface area contributed by atoms with Crippen molar-refractivity contribution in [3.63, 3.8) is 0 Å². The van der Waals surface area contributed by atoms with Crippen molar-refractivity contribution in [1.82, 2.24) is 0 Å². The number of aliphatic hydroxyl groups is 1. The summed E-state index contributed by atoms with van der Waals surface area (Å²) >= 11 is 0. The molecule has 0 unspecified atom stereocenters. The topological polar surface area (TPSA) is 119 Å². The van der Waals surface area contributed by atoms with Gasteiger partial charge in [0, 0.05) is 25.9 Å². The Labute approximate surface area is 112 Å². The smallest absolute Gasteiger partial charge is 0.240 e. The summed E-state index contributed by atoms with van der Waals surface area (Å²) in [4.78, 5) is 1.62. The van der Waals surface area contributed by atoms with E-state index in [9.17, 15) is 8.42 Å². The third-order valence-electron chi connectivity index (χ3n) is 2.57. The highest BCUT2D eigenvalue weighted by atomic mass is 32.2. The predicted octanol–water partition coefficient (Wildman–Crippen LogP) is -0.639. The molecular formula is C11H19N3O4S. The van der Waals surface area contributed by atoms with Gasteiger partial charge in [0.25, 0.3) is 0 Å². The van der Waals surface area contributed by atoms with Gasteiger partial charge in [0.05, 0.1) is 18.9 Å². The van der Waals surface area contributed by atoms with E-state index in [0.717, 1.165) is 0 Å². The van der Waals surface area contributed by atoms with Crippen LogP contribution in [0.25, 0.3) is 0 Å². The van der Waals surface area contributed by atoms with E-state index in [1.807, 2.05) is 0 Å². The monoisotopic (exact) mass is 289 g/mol. The molecule has 0 fully saturated rings. The molecule has 8 heteroatoms. The number of primary sulfonamides is 1. The maximum atomic E-state index is 11.6. The molecule has 0 amide bonds. The summed E-state index contributed by atoms with van der Waals surface area (Å²) in [6.07, 6.45) is 0. The molecular weight excluding hydrogens is 270 g/mol. The van der Waals surface area contributed by atoms with Crippen molar-refractivity contribution in [1.29, 1.82) is 0 Å². The van der Waals surface area contributed by atoms with Crippen molar-refractivity contribution in [2.45, 2.75) is 4.90 Å². The second-order valence-electron chi connectivity index (χ2n) is 3.98. The minimum atomic E-state index is -3.89. The molecule has 0 bridgehead atoms. The summed E-state index contributed by atoms with van der Waals surface area (Å²) in [5.74, 6) is 0. The van der Waals surface area contributed by atoms with Crippen LogP contribution in [0.15, 0.2) is 23.1 Å². The molecule has 0 spiro atoms. The standard InChI is InChI=1S/C11H19N3O4S/c1-18-7-5-14(4-6-15)10-3-2-9(12)8-11(10)19(13,16)17/h2-3,8,15H,4-7,12H2,1H3,(H2,13,16,17). The highest BCUT2D eigenvalue weighted by Crippen LogP contribution is 2.26. The minimum absolute atomic E-state index is 0.0583. The summed E-state index contributed by atoms with van der Waals surface area (Å²) < 4.78 is 28.1. The molecule has 0 radical (unpaired) electrons. The van der Waals surface area contributed by atoms with Gasteiger partial charge >= 0.3 is 0 Å². The van der Waals surface area contributed by atoms with Gasteiger partial charge in [0.15, 0.2) is 0 Å². The Kier molecular flexibility index (Phi) is 5.55. The Morgan fingerprint density at radius 3 is 2.58 bits per heavy atom. The van der Waals surface area contributed by atoms with Gasteiger partial charge in [-0.15, -0.1) is 0 Å². The molecule has 0 aromatic heterocycles. The van der Waals surface area contributed by atoms with Gasteiger partial charge in [-0.3, -0.25) is 0 Å². The van der Waals surface area contributed by atoms with Gasteiger partial charge in [-0.05, 0) is 18.2 Å². The fourth-order valence-electron chi connectivity index (χ4n) is 1.69. The van der Waals surface area contributed by atoms with Crippen molar-refractivity contribution in [3.05, 3.63) is 18.2 Å². The zero-order valence-electron chi connectivity index (χ0n) is 10.7. The third-order valence-corrected chi connectivity index (χ3v) is 3.51. The van der Waals surface area contributed by atoms with Crippen LogP contribution in [0.4, 0.5) is 11.4 Å². The number of sulfonamides is 1. The molecule has 7 nitrogen and oxygen atoms in total. The van der Waals surface area contributed by atoms with Crippen LogP contribution in [0, 0.1) is 0 Å². The number of methoxy groups -OCH3 is 1. The molecule has 0 aliphatic rings. The number of anilines is 2. The molecule has 5 N–H and O–H groups in total. The predicted molar refractivity (Wildman–Crippen MR) is 73.4 cm³/mol. The normalized spacial score (nSPS) is 11.5. The summed E-state index contributed by atoms with van der Waals surface area (Å²) in [5, 5.41) is 14.2. The van der Waals surface area contributed by atoms with E-state index < -0.39 is 10.0 Å². The van der Waals surface area contributed by atoms with Gasteiger partial charge < -0.3 is 20.5 Å². The molecule has 108 valence electrons. The first kappa shape index (κ1) is 15.7. The zero-order valence-corrected chi connectivity index (χ0v) is 11.6. The highest BCUT2D eigenvalue weighted by Gasteiger charge is 2.18. The number of nitrogen functional groups attached to an aromatic ring is 1. The van der Waals surface area contributed by atoms with Gasteiger partial charge in [0.1, 0.15) is 4.90 Å². The molecule has 1 aromatic rings. The highest BCUT2D eigenvalue weighted by molar-refractivity contribution is 7.89. The maximum Gasteiger partial charge on any atom is 0.240 e. The van der Waals surface area contributed by atoms with Crippen LogP contribution in [0.1, 0.15) is 0 Å². The number of rotatable bonds is 7. The van der Waals surface area contributed by atoms with Gasteiger partial charge in [-0.25, -0.2) is 13.6 Å². The number of nitrogens with two attached hydrogens (primary N) is 2. The van der Waals surface area contributed by atoms with Gasteiger partial charge in [0.2, 0.25) is 10.0 Å². The summed E-state index contributed by atoms with van der Waals surface area (Å²) in [7, 11) is -2.35.